The van der Waals surface area contributed by atoms with Crippen LogP contribution in [0.1, 0.15) is 133 Å². The van der Waals surface area contributed by atoms with Crippen LogP contribution in [0.3, 0.4) is 0 Å². The van der Waals surface area contributed by atoms with E-state index in [1.54, 1.807) is 0 Å². The summed E-state index contributed by atoms with van der Waals surface area (Å²) < 4.78 is 7.31. The summed E-state index contributed by atoms with van der Waals surface area (Å²) in [6.07, 6.45) is 0. The second-order valence-electron chi connectivity index (χ2n) is 15.2. The lowest BCUT2D eigenvalue weighted by Gasteiger charge is -2.42. The quantitative estimate of drug-likeness (QED) is 0.323. The number of hydrogen-bond donors (Lipinski definition) is 0. The Balaban J connectivity index is 2.48. The molecule has 1 aliphatic rings. The molecule has 0 atom stereocenters. The van der Waals surface area contributed by atoms with Crippen LogP contribution in [-0.2, 0) is 16.2 Å². The minimum Gasteiger partial charge on any atom is -0.455 e. The van der Waals surface area contributed by atoms with Crippen molar-refractivity contribution in [3.63, 3.8) is 0 Å². The fourth-order valence-electron chi connectivity index (χ4n) is 6.17. The van der Waals surface area contributed by atoms with Crippen LogP contribution in [0.15, 0.2) is 24.3 Å². The molecule has 0 N–H and O–H groups in total. The third kappa shape index (κ3) is 5.91. The third-order valence-electron chi connectivity index (χ3n) is 8.20. The Kier molecular flexibility index (Phi) is 9.01. The normalized spacial score (nSPS) is 15.6. The van der Waals surface area contributed by atoms with Crippen LogP contribution in [-0.4, -0.2) is 22.6 Å². The van der Waals surface area contributed by atoms with Gasteiger partial charge in [0.1, 0.15) is 11.5 Å². The van der Waals surface area contributed by atoms with E-state index in [2.05, 4.69) is 135 Å². The highest BCUT2D eigenvalue weighted by Gasteiger charge is 2.42. The molecule has 1 aliphatic heterocycles. The zero-order chi connectivity index (χ0) is 29.1. The van der Waals surface area contributed by atoms with E-state index in [4.69, 9.17) is 4.74 Å². The smallest absolute Gasteiger partial charge is 0.139 e. The molecular weight excluding hydrogens is 498 g/mol. The fraction of sp³-hybridized carbons (Fsp3) is 0.657. The number of hydrogen-bond acceptors (Lipinski definition) is 1. The van der Waals surface area contributed by atoms with Crippen LogP contribution >= 0.6 is 15.8 Å². The summed E-state index contributed by atoms with van der Waals surface area (Å²) in [4.78, 5) is 0. The fourth-order valence-corrected chi connectivity index (χ4v) is 12.2. The predicted molar refractivity (Wildman–Crippen MR) is 176 cm³/mol. The van der Waals surface area contributed by atoms with Gasteiger partial charge >= 0.3 is 0 Å². The maximum absolute atomic E-state index is 7.31. The van der Waals surface area contributed by atoms with Crippen molar-refractivity contribution >= 4 is 26.5 Å². The zero-order valence-corrected chi connectivity index (χ0v) is 29.2. The standard InChI is InChI=1S/C35H56OP2/c1-21(2)37(22(3)4)29-19-25(33(9,10)11)17-27-31(29)36-32-28(35(27,15)16)18-26(34(12,13)14)20-30(32)38(23(5)6)24(7)8/h17-24H,1-16H3. The molecule has 0 fully saturated rings. The van der Waals surface area contributed by atoms with Crippen molar-refractivity contribution in [1.29, 1.82) is 0 Å². The van der Waals surface area contributed by atoms with Crippen LogP contribution in [0.4, 0.5) is 0 Å². The summed E-state index contributed by atoms with van der Waals surface area (Å²) in [6.45, 7) is 38.2. The van der Waals surface area contributed by atoms with E-state index in [0.717, 1.165) is 11.5 Å². The first kappa shape index (κ1) is 31.6. The average Bonchev–Trinajstić information content (AvgIpc) is 2.72. The minimum absolute atomic E-state index is 0.0805. The highest BCUT2D eigenvalue weighted by molar-refractivity contribution is 7.67. The first-order valence-electron chi connectivity index (χ1n) is 14.8. The largest absolute Gasteiger partial charge is 0.455 e. The molecule has 2 aromatic rings. The molecule has 3 heteroatoms. The molecule has 0 aliphatic carbocycles. The topological polar surface area (TPSA) is 9.23 Å². The lowest BCUT2D eigenvalue weighted by atomic mass is 9.72. The molecule has 38 heavy (non-hydrogen) atoms. The molecule has 2 aromatic carbocycles. The van der Waals surface area contributed by atoms with Crippen LogP contribution in [0, 0.1) is 0 Å². The molecule has 0 saturated heterocycles. The van der Waals surface area contributed by atoms with Crippen LogP contribution in [0.5, 0.6) is 11.5 Å². The maximum Gasteiger partial charge on any atom is 0.139 e. The first-order chi connectivity index (χ1) is 17.2. The van der Waals surface area contributed by atoms with E-state index in [9.17, 15) is 0 Å². The van der Waals surface area contributed by atoms with Gasteiger partial charge < -0.3 is 4.74 Å². The maximum atomic E-state index is 7.31. The molecule has 3 rings (SSSR count). The van der Waals surface area contributed by atoms with E-state index in [-0.39, 0.29) is 32.1 Å². The molecule has 0 unspecified atom stereocenters. The molecule has 0 radical (unpaired) electrons. The van der Waals surface area contributed by atoms with Crippen molar-refractivity contribution in [3.8, 4) is 11.5 Å². The summed E-state index contributed by atoms with van der Waals surface area (Å²) >= 11 is 0. The highest BCUT2D eigenvalue weighted by Crippen LogP contribution is 2.57. The zero-order valence-electron chi connectivity index (χ0n) is 27.4. The monoisotopic (exact) mass is 554 g/mol. The lowest BCUT2D eigenvalue weighted by molar-refractivity contribution is 0.421. The van der Waals surface area contributed by atoms with Gasteiger partial charge in [0.25, 0.3) is 0 Å². The Morgan fingerprint density at radius 1 is 0.553 bits per heavy atom. The van der Waals surface area contributed by atoms with Gasteiger partial charge in [-0.05, 0) is 56.7 Å². The molecule has 0 bridgehead atoms. The van der Waals surface area contributed by atoms with E-state index < -0.39 is 0 Å². The number of fused-ring (bicyclic) bond motifs is 2. The molecular formula is C35H56OP2. The third-order valence-corrected chi connectivity index (χ3v) is 14.4. The highest BCUT2D eigenvalue weighted by atomic mass is 31.1. The van der Waals surface area contributed by atoms with Gasteiger partial charge in [0.2, 0.25) is 0 Å². The van der Waals surface area contributed by atoms with Crippen molar-refractivity contribution in [1.82, 2.24) is 0 Å². The molecule has 0 saturated carbocycles. The van der Waals surface area contributed by atoms with E-state index in [0.29, 0.717) is 22.6 Å². The van der Waals surface area contributed by atoms with Crippen molar-refractivity contribution < 1.29 is 4.74 Å². The average molecular weight is 555 g/mol. The second kappa shape index (κ2) is 10.8. The molecule has 1 nitrogen and oxygen atoms in total. The molecule has 1 heterocycles. The first-order valence-corrected chi connectivity index (χ1v) is 17.8. The van der Waals surface area contributed by atoms with Gasteiger partial charge in [-0.1, -0.05) is 139 Å². The van der Waals surface area contributed by atoms with Gasteiger partial charge in [-0.25, -0.2) is 0 Å². The Morgan fingerprint density at radius 3 is 1.08 bits per heavy atom. The lowest BCUT2D eigenvalue weighted by Crippen LogP contribution is -2.34. The van der Waals surface area contributed by atoms with Crippen LogP contribution < -0.4 is 15.3 Å². The number of rotatable bonds is 6. The van der Waals surface area contributed by atoms with Gasteiger partial charge in [-0.15, -0.1) is 0 Å². The van der Waals surface area contributed by atoms with Crippen LogP contribution in [0.2, 0.25) is 0 Å². The van der Waals surface area contributed by atoms with Crippen molar-refractivity contribution in [2.75, 3.05) is 0 Å². The summed E-state index contributed by atoms with van der Waals surface area (Å²) in [6, 6.07) is 9.99. The summed E-state index contributed by atoms with van der Waals surface area (Å²) in [7, 11) is -0.754. The Labute approximate surface area is 238 Å². The Bertz CT molecular complexity index is 1050. The number of ether oxygens (including phenoxy) is 1. The predicted octanol–water partition coefficient (Wildman–Crippen LogP) is 10.6. The summed E-state index contributed by atoms with van der Waals surface area (Å²) in [5.41, 5.74) is 8.03. The van der Waals surface area contributed by atoms with Crippen molar-refractivity contribution in [3.05, 3.63) is 46.5 Å². The van der Waals surface area contributed by atoms with Gasteiger partial charge in [0.05, 0.1) is 0 Å². The van der Waals surface area contributed by atoms with E-state index >= 15 is 0 Å². The van der Waals surface area contributed by atoms with Gasteiger partial charge in [0, 0.05) is 27.2 Å². The van der Waals surface area contributed by atoms with E-state index in [1.165, 1.54) is 32.9 Å². The van der Waals surface area contributed by atoms with Crippen molar-refractivity contribution in [2.24, 2.45) is 0 Å². The molecule has 0 spiro atoms. The van der Waals surface area contributed by atoms with E-state index in [1.807, 2.05) is 0 Å². The van der Waals surface area contributed by atoms with Gasteiger partial charge in [0.15, 0.2) is 0 Å². The number of benzene rings is 2. The Hall–Kier alpha value is -0.900. The van der Waals surface area contributed by atoms with Crippen molar-refractivity contribution in [2.45, 2.75) is 150 Å². The summed E-state index contributed by atoms with van der Waals surface area (Å²) in [5, 5.41) is 2.94. The minimum atomic E-state index is -0.377. The summed E-state index contributed by atoms with van der Waals surface area (Å²) in [5.74, 6) is 2.33. The second-order valence-corrected chi connectivity index (χ2v) is 21.9. The Morgan fingerprint density at radius 2 is 0.842 bits per heavy atom. The van der Waals surface area contributed by atoms with Gasteiger partial charge in [-0.2, -0.15) is 0 Å². The SMILES string of the molecule is CC(C)P(c1cc(C(C)(C)C)cc2c1Oc1c(P(C(C)C)C(C)C)cc(C(C)(C)C)cc1C2(C)C)C(C)C. The molecule has 212 valence electrons. The molecule has 0 amide bonds. The van der Waals surface area contributed by atoms with Crippen LogP contribution in [0.25, 0.3) is 0 Å². The molecule has 0 aromatic heterocycles. The van der Waals surface area contributed by atoms with Gasteiger partial charge in [-0.3, -0.25) is 0 Å².